The summed E-state index contributed by atoms with van der Waals surface area (Å²) < 4.78 is 0. The Hall–Kier alpha value is -3.28. The normalized spacial score (nSPS) is 16.4. The Kier molecular flexibility index (Phi) is 5.25. The Bertz CT molecular complexity index is 1060. The van der Waals surface area contributed by atoms with Crippen molar-refractivity contribution in [3.05, 3.63) is 65.4 Å². The van der Waals surface area contributed by atoms with Gasteiger partial charge in [0.1, 0.15) is 0 Å². The highest BCUT2D eigenvalue weighted by Crippen LogP contribution is 2.24. The minimum Gasteiger partial charge on any atom is -0.361 e. The highest BCUT2D eigenvalue weighted by Gasteiger charge is 2.31. The molecular weight excluding hydrogens is 364 g/mol. The van der Waals surface area contributed by atoms with Crippen molar-refractivity contribution in [3.8, 4) is 0 Å². The van der Waals surface area contributed by atoms with Crippen LogP contribution in [0.5, 0.6) is 0 Å². The van der Waals surface area contributed by atoms with Gasteiger partial charge in [-0.05, 0) is 55.2 Å². The van der Waals surface area contributed by atoms with E-state index in [9.17, 15) is 9.59 Å². The van der Waals surface area contributed by atoms with E-state index >= 15 is 0 Å². The first-order chi connectivity index (χ1) is 14.0. The zero-order valence-electron chi connectivity index (χ0n) is 16.8. The van der Waals surface area contributed by atoms with Gasteiger partial charge >= 0.3 is 6.03 Å². The van der Waals surface area contributed by atoms with Gasteiger partial charge in [0.05, 0.1) is 6.04 Å². The lowest BCUT2D eigenvalue weighted by molar-refractivity contribution is -0.117. The van der Waals surface area contributed by atoms with Gasteiger partial charge in [-0.1, -0.05) is 24.3 Å². The van der Waals surface area contributed by atoms with Crippen LogP contribution in [0.25, 0.3) is 10.9 Å². The van der Waals surface area contributed by atoms with Gasteiger partial charge in [-0.2, -0.15) is 0 Å². The van der Waals surface area contributed by atoms with Crippen LogP contribution < -0.4 is 15.5 Å². The van der Waals surface area contributed by atoms with Gasteiger partial charge in [-0.25, -0.2) is 4.79 Å². The molecule has 4 rings (SSSR count). The molecular formula is C23H26N4O2. The largest absolute Gasteiger partial charge is 0.361 e. The molecule has 0 spiro atoms. The van der Waals surface area contributed by atoms with Crippen molar-refractivity contribution in [1.82, 2.24) is 15.6 Å². The molecule has 0 aliphatic carbocycles. The van der Waals surface area contributed by atoms with Crippen molar-refractivity contribution in [2.24, 2.45) is 0 Å². The third-order valence-electron chi connectivity index (χ3n) is 5.62. The van der Waals surface area contributed by atoms with Gasteiger partial charge in [0, 0.05) is 42.3 Å². The monoisotopic (exact) mass is 390 g/mol. The molecule has 1 fully saturated rings. The van der Waals surface area contributed by atoms with Crippen LogP contribution in [-0.2, 0) is 11.2 Å². The summed E-state index contributed by atoms with van der Waals surface area (Å²) in [6.45, 7) is 5.12. The third-order valence-corrected chi connectivity index (χ3v) is 5.62. The van der Waals surface area contributed by atoms with E-state index in [4.69, 9.17) is 0 Å². The van der Waals surface area contributed by atoms with E-state index in [-0.39, 0.29) is 18.0 Å². The molecule has 1 unspecified atom stereocenters. The number of rotatable bonds is 5. The molecule has 6 nitrogen and oxygen atoms in total. The minimum absolute atomic E-state index is 0.0392. The second-order valence-corrected chi connectivity index (χ2v) is 7.68. The fraction of sp³-hybridized carbons (Fsp3) is 0.304. The number of anilines is 1. The highest BCUT2D eigenvalue weighted by molar-refractivity contribution is 5.97. The number of carbonyl (C=O) groups excluding carboxylic acids is 2. The lowest BCUT2D eigenvalue weighted by Gasteiger charge is -2.18. The molecule has 0 bridgehead atoms. The molecule has 6 heteroatoms. The Labute approximate surface area is 170 Å². The van der Waals surface area contributed by atoms with Gasteiger partial charge in [0.15, 0.2) is 0 Å². The molecule has 150 valence electrons. The molecule has 1 aliphatic rings. The number of amides is 3. The summed E-state index contributed by atoms with van der Waals surface area (Å²) in [6.07, 6.45) is 3.06. The highest BCUT2D eigenvalue weighted by atomic mass is 16.2. The van der Waals surface area contributed by atoms with E-state index in [0.717, 1.165) is 23.2 Å². The smallest absolute Gasteiger partial charge is 0.315 e. The number of para-hydroxylation sites is 1. The topological polar surface area (TPSA) is 77.2 Å². The maximum absolute atomic E-state index is 12.4. The lowest BCUT2D eigenvalue weighted by Crippen LogP contribution is -2.43. The molecule has 3 N–H and O–H groups in total. The molecule has 1 aromatic heterocycles. The first-order valence-corrected chi connectivity index (χ1v) is 9.98. The minimum atomic E-state index is -0.232. The van der Waals surface area contributed by atoms with Crippen LogP contribution >= 0.6 is 0 Å². The zero-order valence-corrected chi connectivity index (χ0v) is 16.8. The maximum atomic E-state index is 12.4. The summed E-state index contributed by atoms with van der Waals surface area (Å²) in [6, 6.07) is 13.7. The third kappa shape index (κ3) is 4.11. The van der Waals surface area contributed by atoms with Crippen LogP contribution in [0.3, 0.4) is 0 Å². The number of nitrogens with one attached hydrogen (secondary N) is 3. The van der Waals surface area contributed by atoms with E-state index in [1.165, 1.54) is 16.5 Å². The predicted octanol–water partition coefficient (Wildman–Crippen LogP) is 3.43. The number of fused-ring (bicyclic) bond motifs is 1. The number of aromatic amines is 1. The first-order valence-electron chi connectivity index (χ1n) is 9.98. The van der Waals surface area contributed by atoms with Crippen LogP contribution in [0.1, 0.15) is 23.1 Å². The quantitative estimate of drug-likeness (QED) is 0.624. The molecule has 2 heterocycles. The molecule has 29 heavy (non-hydrogen) atoms. The summed E-state index contributed by atoms with van der Waals surface area (Å²) in [7, 11) is 0. The average Bonchev–Trinajstić information content (AvgIpc) is 3.27. The summed E-state index contributed by atoms with van der Waals surface area (Å²) in [5.41, 5.74) is 5.52. The van der Waals surface area contributed by atoms with Crippen LogP contribution in [0.4, 0.5) is 10.5 Å². The molecule has 1 aliphatic heterocycles. The molecule has 2 aromatic carbocycles. The van der Waals surface area contributed by atoms with Crippen molar-refractivity contribution in [3.63, 3.8) is 0 Å². The van der Waals surface area contributed by atoms with Crippen molar-refractivity contribution >= 4 is 28.5 Å². The number of aromatic nitrogens is 1. The second kappa shape index (κ2) is 7.99. The molecule has 3 amide bonds. The van der Waals surface area contributed by atoms with E-state index in [1.54, 1.807) is 4.90 Å². The van der Waals surface area contributed by atoms with Crippen LogP contribution in [0, 0.1) is 13.8 Å². The Balaban J connectivity index is 1.28. The number of nitrogens with zero attached hydrogens (tertiary/aromatic N) is 1. The second-order valence-electron chi connectivity index (χ2n) is 7.68. The Morgan fingerprint density at radius 2 is 2.00 bits per heavy atom. The predicted molar refractivity (Wildman–Crippen MR) is 115 cm³/mol. The van der Waals surface area contributed by atoms with Crippen LogP contribution in [0.2, 0.25) is 0 Å². The van der Waals surface area contributed by atoms with Crippen molar-refractivity contribution in [2.45, 2.75) is 32.7 Å². The fourth-order valence-electron chi connectivity index (χ4n) is 3.83. The Morgan fingerprint density at radius 3 is 2.83 bits per heavy atom. The zero-order chi connectivity index (χ0) is 20.4. The van der Waals surface area contributed by atoms with Crippen molar-refractivity contribution < 1.29 is 9.59 Å². The van der Waals surface area contributed by atoms with E-state index in [2.05, 4.69) is 28.6 Å². The number of carbonyl (C=O) groups is 2. The summed E-state index contributed by atoms with van der Waals surface area (Å²) in [4.78, 5) is 29.7. The SMILES string of the molecule is Cc1ccc(N2CC(NC(=O)NCCc3c[nH]c4ccccc34)CC2=O)cc1C. The van der Waals surface area contributed by atoms with Crippen LogP contribution in [-0.4, -0.2) is 36.1 Å². The standard InChI is InChI=1S/C23H26N4O2/c1-15-7-8-19(11-16(15)2)27-14-18(12-22(27)28)26-23(29)24-10-9-17-13-25-21-6-4-3-5-20(17)21/h3-8,11,13,18,25H,9-10,12,14H2,1-2H3,(H2,24,26,29). The van der Waals surface area contributed by atoms with Gasteiger partial charge < -0.3 is 20.5 Å². The number of urea groups is 1. The number of hydrogen-bond acceptors (Lipinski definition) is 2. The average molecular weight is 390 g/mol. The fourth-order valence-corrected chi connectivity index (χ4v) is 3.83. The van der Waals surface area contributed by atoms with E-state index in [0.29, 0.717) is 19.5 Å². The molecule has 1 saturated heterocycles. The maximum Gasteiger partial charge on any atom is 0.315 e. The number of benzene rings is 2. The first kappa shape index (κ1) is 19.1. The van der Waals surface area contributed by atoms with Gasteiger partial charge in [-0.3, -0.25) is 4.79 Å². The van der Waals surface area contributed by atoms with Crippen molar-refractivity contribution in [2.75, 3.05) is 18.0 Å². The van der Waals surface area contributed by atoms with E-state index < -0.39 is 0 Å². The van der Waals surface area contributed by atoms with Crippen LogP contribution in [0.15, 0.2) is 48.7 Å². The summed E-state index contributed by atoms with van der Waals surface area (Å²) in [5, 5.41) is 7.02. The Morgan fingerprint density at radius 1 is 1.17 bits per heavy atom. The van der Waals surface area contributed by atoms with Gasteiger partial charge in [-0.15, -0.1) is 0 Å². The van der Waals surface area contributed by atoms with Gasteiger partial charge in [0.2, 0.25) is 5.91 Å². The molecule has 0 radical (unpaired) electrons. The molecule has 1 atom stereocenters. The van der Waals surface area contributed by atoms with Gasteiger partial charge in [0.25, 0.3) is 0 Å². The molecule has 0 saturated carbocycles. The summed E-state index contributed by atoms with van der Waals surface area (Å²) >= 11 is 0. The number of aryl methyl sites for hydroxylation is 2. The van der Waals surface area contributed by atoms with Crippen molar-refractivity contribution in [1.29, 1.82) is 0 Å². The lowest BCUT2D eigenvalue weighted by atomic mass is 10.1. The number of hydrogen-bond donors (Lipinski definition) is 3. The number of H-pyrrole nitrogens is 1. The van der Waals surface area contributed by atoms with E-state index in [1.807, 2.05) is 49.5 Å². The summed E-state index contributed by atoms with van der Waals surface area (Å²) in [5.74, 6) is 0.0392. The molecule has 3 aromatic rings.